The molecular weight excluding hydrogens is 304 g/mol. The summed E-state index contributed by atoms with van der Waals surface area (Å²) in [5.41, 5.74) is 0.0961. The van der Waals surface area contributed by atoms with Crippen LogP contribution in [0.2, 0.25) is 5.02 Å². The van der Waals surface area contributed by atoms with E-state index < -0.39 is 23.3 Å². The number of carbonyl (C=O) groups is 2. The van der Waals surface area contributed by atoms with E-state index in [1.54, 1.807) is 37.3 Å². The summed E-state index contributed by atoms with van der Waals surface area (Å²) in [6, 6.07) is 6.89. The highest BCUT2D eigenvalue weighted by Crippen LogP contribution is 2.47. The van der Waals surface area contributed by atoms with Crippen LogP contribution in [-0.4, -0.2) is 18.5 Å². The molecule has 0 amide bonds. The zero-order valence-electron chi connectivity index (χ0n) is 12.6. The number of ether oxygens (including phenoxy) is 1. The summed E-state index contributed by atoms with van der Waals surface area (Å²) < 4.78 is 5.04. The van der Waals surface area contributed by atoms with Gasteiger partial charge in [0.1, 0.15) is 5.41 Å². The molecule has 0 aliphatic heterocycles. The van der Waals surface area contributed by atoms with Crippen LogP contribution < -0.4 is 5.11 Å². The fourth-order valence-corrected chi connectivity index (χ4v) is 3.07. The number of carboxylic acids is 1. The zero-order valence-corrected chi connectivity index (χ0v) is 13.4. The molecule has 0 bridgehead atoms. The van der Waals surface area contributed by atoms with Crippen molar-refractivity contribution in [3.05, 3.63) is 46.5 Å². The maximum atomic E-state index is 12.4. The molecule has 0 aromatic heterocycles. The van der Waals surface area contributed by atoms with Crippen LogP contribution in [0.25, 0.3) is 0 Å². The van der Waals surface area contributed by atoms with E-state index in [1.165, 1.54) is 0 Å². The Morgan fingerprint density at radius 3 is 2.55 bits per heavy atom. The summed E-state index contributed by atoms with van der Waals surface area (Å²) in [6.07, 6.45) is 2.32. The van der Waals surface area contributed by atoms with E-state index in [-0.39, 0.29) is 13.0 Å². The summed E-state index contributed by atoms with van der Waals surface area (Å²) >= 11 is 5.89. The van der Waals surface area contributed by atoms with Gasteiger partial charge < -0.3 is 14.6 Å². The first-order chi connectivity index (χ1) is 10.4. The van der Waals surface area contributed by atoms with Gasteiger partial charge in [0.15, 0.2) is 0 Å². The fourth-order valence-electron chi connectivity index (χ4n) is 2.95. The summed E-state index contributed by atoms with van der Waals surface area (Å²) in [4.78, 5) is 24.3. The van der Waals surface area contributed by atoms with E-state index in [2.05, 4.69) is 0 Å². The van der Waals surface area contributed by atoms with Crippen molar-refractivity contribution >= 4 is 23.5 Å². The van der Waals surface area contributed by atoms with E-state index in [1.807, 2.05) is 6.92 Å². The largest absolute Gasteiger partial charge is 0.549 e. The number of carbonyl (C=O) groups excluding carboxylic acids is 2. The maximum absolute atomic E-state index is 12.4. The lowest BCUT2D eigenvalue weighted by Gasteiger charge is -2.42. The first-order valence-electron chi connectivity index (χ1n) is 7.21. The van der Waals surface area contributed by atoms with Crippen molar-refractivity contribution in [2.24, 2.45) is 5.41 Å². The Balaban J connectivity index is 2.54. The minimum absolute atomic E-state index is 0.0767. The number of aliphatic carboxylic acids is 1. The molecule has 2 atom stereocenters. The monoisotopic (exact) mass is 321 g/mol. The van der Waals surface area contributed by atoms with Gasteiger partial charge in [-0.25, -0.2) is 0 Å². The molecule has 0 unspecified atom stereocenters. The van der Waals surface area contributed by atoms with E-state index in [4.69, 9.17) is 16.3 Å². The normalized spacial score (nSPS) is 24.5. The number of hydrogen-bond acceptors (Lipinski definition) is 4. The molecule has 1 aromatic carbocycles. The van der Waals surface area contributed by atoms with E-state index in [0.717, 1.165) is 11.1 Å². The van der Waals surface area contributed by atoms with E-state index in [9.17, 15) is 14.7 Å². The van der Waals surface area contributed by atoms with Crippen molar-refractivity contribution in [3.8, 4) is 0 Å². The average Bonchev–Trinajstić information content (AvgIpc) is 2.48. The third-order valence-corrected chi connectivity index (χ3v) is 4.42. The molecule has 0 saturated heterocycles. The van der Waals surface area contributed by atoms with Crippen LogP contribution in [0.3, 0.4) is 0 Å². The van der Waals surface area contributed by atoms with Crippen molar-refractivity contribution < 1.29 is 19.4 Å². The molecular formula is C17H18ClO4-. The van der Waals surface area contributed by atoms with Gasteiger partial charge in [0.05, 0.1) is 12.6 Å². The van der Waals surface area contributed by atoms with Gasteiger partial charge in [0, 0.05) is 10.9 Å². The van der Waals surface area contributed by atoms with Crippen LogP contribution in [0.15, 0.2) is 35.9 Å². The lowest BCUT2D eigenvalue weighted by atomic mass is 9.64. The topological polar surface area (TPSA) is 66.4 Å². The summed E-state index contributed by atoms with van der Waals surface area (Å²) in [5.74, 6) is -2.66. The summed E-state index contributed by atoms with van der Waals surface area (Å²) in [5, 5.41) is 12.4. The summed E-state index contributed by atoms with van der Waals surface area (Å²) in [6.45, 7) is 3.71. The Labute approximate surface area is 134 Å². The Bertz CT molecular complexity index is 606. The standard InChI is InChI=1S/C17H19ClO4/c1-3-22-16(21)17(15(19)20)9-8-11(2)10-14(17)12-4-6-13(18)7-5-12/h4-8,14H,3,9-10H2,1-2H3,(H,19,20)/p-1/t14-,17+/m0/s1. The second-order valence-corrected chi connectivity index (χ2v) is 5.98. The molecule has 22 heavy (non-hydrogen) atoms. The molecule has 1 aliphatic carbocycles. The number of allylic oxidation sites excluding steroid dienone is 2. The number of rotatable bonds is 4. The van der Waals surface area contributed by atoms with Gasteiger partial charge in [-0.05, 0) is 44.4 Å². The van der Waals surface area contributed by atoms with Crippen LogP contribution >= 0.6 is 11.6 Å². The minimum Gasteiger partial charge on any atom is -0.549 e. The average molecular weight is 322 g/mol. The first kappa shape index (κ1) is 16.6. The van der Waals surface area contributed by atoms with Crippen molar-refractivity contribution in [1.29, 1.82) is 0 Å². The number of esters is 1. The predicted molar refractivity (Wildman–Crippen MR) is 81.3 cm³/mol. The summed E-state index contributed by atoms with van der Waals surface area (Å²) in [7, 11) is 0. The van der Waals surface area contributed by atoms with Crippen molar-refractivity contribution in [2.45, 2.75) is 32.6 Å². The van der Waals surface area contributed by atoms with Gasteiger partial charge in [-0.3, -0.25) is 4.79 Å². The second kappa shape index (κ2) is 6.53. The molecule has 5 heteroatoms. The van der Waals surface area contributed by atoms with Crippen molar-refractivity contribution in [3.63, 3.8) is 0 Å². The van der Waals surface area contributed by atoms with Crippen LogP contribution in [0.4, 0.5) is 0 Å². The maximum Gasteiger partial charge on any atom is 0.318 e. The van der Waals surface area contributed by atoms with Crippen LogP contribution in [0.5, 0.6) is 0 Å². The Hall–Kier alpha value is -1.81. The number of hydrogen-bond donors (Lipinski definition) is 0. The van der Waals surface area contributed by atoms with Crippen molar-refractivity contribution in [2.75, 3.05) is 6.61 Å². The van der Waals surface area contributed by atoms with Gasteiger partial charge in [0.25, 0.3) is 0 Å². The predicted octanol–water partition coefficient (Wildman–Crippen LogP) is 2.46. The molecule has 118 valence electrons. The van der Waals surface area contributed by atoms with Gasteiger partial charge in [-0.15, -0.1) is 0 Å². The highest BCUT2D eigenvalue weighted by Gasteiger charge is 2.50. The molecule has 0 saturated carbocycles. The number of halogens is 1. The molecule has 1 aromatic rings. The SMILES string of the molecule is CCOC(=O)[C@]1(C(=O)[O-])CC=C(C)C[C@H]1c1ccc(Cl)cc1. The number of benzene rings is 1. The number of carboxylic acid groups (broad SMARTS) is 1. The highest BCUT2D eigenvalue weighted by atomic mass is 35.5. The second-order valence-electron chi connectivity index (χ2n) is 5.54. The molecule has 2 rings (SSSR count). The molecule has 0 heterocycles. The van der Waals surface area contributed by atoms with Gasteiger partial charge >= 0.3 is 5.97 Å². The minimum atomic E-state index is -1.69. The molecule has 4 nitrogen and oxygen atoms in total. The molecule has 0 radical (unpaired) electrons. The third kappa shape index (κ3) is 2.88. The smallest absolute Gasteiger partial charge is 0.318 e. The van der Waals surface area contributed by atoms with E-state index >= 15 is 0 Å². The first-order valence-corrected chi connectivity index (χ1v) is 7.59. The van der Waals surface area contributed by atoms with Gasteiger partial charge in [0.2, 0.25) is 0 Å². The van der Waals surface area contributed by atoms with Crippen molar-refractivity contribution in [1.82, 2.24) is 0 Å². The molecule has 1 aliphatic rings. The van der Waals surface area contributed by atoms with Gasteiger partial charge in [-0.1, -0.05) is 35.4 Å². The quantitative estimate of drug-likeness (QED) is 0.485. The molecule has 0 N–H and O–H groups in total. The fraction of sp³-hybridized carbons (Fsp3) is 0.412. The highest BCUT2D eigenvalue weighted by molar-refractivity contribution is 6.30. The van der Waals surface area contributed by atoms with Gasteiger partial charge in [-0.2, -0.15) is 0 Å². The lowest BCUT2D eigenvalue weighted by Crippen LogP contribution is -2.53. The van der Waals surface area contributed by atoms with E-state index in [0.29, 0.717) is 11.4 Å². The lowest BCUT2D eigenvalue weighted by molar-refractivity contribution is -0.319. The molecule has 0 fully saturated rings. The third-order valence-electron chi connectivity index (χ3n) is 4.17. The Morgan fingerprint density at radius 2 is 2.00 bits per heavy atom. The Kier molecular flexibility index (Phi) is 4.91. The van der Waals surface area contributed by atoms with Crippen LogP contribution in [0, 0.1) is 5.41 Å². The zero-order chi connectivity index (χ0) is 16.3. The van der Waals surface area contributed by atoms with Crippen LogP contribution in [0.1, 0.15) is 38.2 Å². The Morgan fingerprint density at radius 1 is 1.36 bits per heavy atom. The van der Waals surface area contributed by atoms with Crippen LogP contribution in [-0.2, 0) is 14.3 Å². The molecule has 0 spiro atoms.